The van der Waals surface area contributed by atoms with Crippen LogP contribution in [-0.4, -0.2) is 24.4 Å². The van der Waals surface area contributed by atoms with E-state index in [0.29, 0.717) is 32.8 Å². The maximum atomic E-state index is 12.3. The van der Waals surface area contributed by atoms with Crippen LogP contribution < -0.4 is 20.4 Å². The molecule has 7 nitrogen and oxygen atoms in total. The molecule has 4 aromatic rings. The molecule has 0 spiro atoms. The third-order valence-electron chi connectivity index (χ3n) is 3.93. The van der Waals surface area contributed by atoms with Crippen LogP contribution in [0.25, 0.3) is 21.5 Å². The average Bonchev–Trinajstić information content (AvgIpc) is 3.15. The number of aromatic nitrogens is 2. The minimum atomic E-state index is -0.442. The molecule has 4 rings (SSSR count). The van der Waals surface area contributed by atoms with Crippen LogP contribution in [0.3, 0.4) is 0 Å². The summed E-state index contributed by atoms with van der Waals surface area (Å²) >= 11 is 1.26. The Labute approximate surface area is 158 Å². The lowest BCUT2D eigenvalue weighted by molar-refractivity contribution is 0.355. The largest absolute Gasteiger partial charge is 0.493 e. The van der Waals surface area contributed by atoms with Crippen LogP contribution in [-0.2, 0) is 0 Å². The molecule has 0 radical (unpaired) electrons. The summed E-state index contributed by atoms with van der Waals surface area (Å²) < 4.78 is 15.9. The zero-order chi connectivity index (χ0) is 18.8. The van der Waals surface area contributed by atoms with Gasteiger partial charge in [0.15, 0.2) is 16.5 Å². The molecule has 0 aliphatic heterocycles. The fourth-order valence-electron chi connectivity index (χ4n) is 2.63. The predicted molar refractivity (Wildman–Crippen MR) is 104 cm³/mol. The monoisotopic (exact) mass is 381 g/mol. The Bertz CT molecular complexity index is 1170. The van der Waals surface area contributed by atoms with Crippen LogP contribution in [0.5, 0.6) is 11.5 Å². The first-order chi connectivity index (χ1) is 13.2. The minimum absolute atomic E-state index is 0.381. The SMILES string of the molecule is COc1ccc(Nc2nnc(-c3cc4ccccc4oc3=O)s2)cc1OC. The highest BCUT2D eigenvalue weighted by Crippen LogP contribution is 2.33. The third-order valence-corrected chi connectivity index (χ3v) is 4.80. The van der Waals surface area contributed by atoms with E-state index in [-0.39, 0.29) is 0 Å². The lowest BCUT2D eigenvalue weighted by atomic mass is 10.2. The molecule has 0 saturated carbocycles. The summed E-state index contributed by atoms with van der Waals surface area (Å²) in [7, 11) is 3.15. The molecule has 0 aliphatic carbocycles. The van der Waals surface area contributed by atoms with Crippen LogP contribution in [0.4, 0.5) is 10.8 Å². The zero-order valence-electron chi connectivity index (χ0n) is 14.6. The average molecular weight is 381 g/mol. The fourth-order valence-corrected chi connectivity index (χ4v) is 3.40. The number of methoxy groups -OCH3 is 2. The number of hydrogen-bond donors (Lipinski definition) is 1. The van der Waals surface area contributed by atoms with Crippen LogP contribution in [0, 0.1) is 0 Å². The Morgan fingerprint density at radius 1 is 1.00 bits per heavy atom. The minimum Gasteiger partial charge on any atom is -0.493 e. The van der Waals surface area contributed by atoms with Gasteiger partial charge in [0, 0.05) is 17.1 Å². The van der Waals surface area contributed by atoms with Gasteiger partial charge < -0.3 is 19.2 Å². The predicted octanol–water partition coefficient (Wildman–Crippen LogP) is 4.07. The summed E-state index contributed by atoms with van der Waals surface area (Å²) in [6, 6.07) is 14.5. The quantitative estimate of drug-likeness (QED) is 0.521. The van der Waals surface area contributed by atoms with E-state index in [4.69, 9.17) is 13.9 Å². The highest BCUT2D eigenvalue weighted by molar-refractivity contribution is 7.18. The van der Waals surface area contributed by atoms with Gasteiger partial charge >= 0.3 is 5.63 Å². The lowest BCUT2D eigenvalue weighted by Gasteiger charge is -2.09. The second-order valence-corrected chi connectivity index (χ2v) is 6.57. The molecule has 0 fully saturated rings. The van der Waals surface area contributed by atoms with Gasteiger partial charge in [-0.2, -0.15) is 0 Å². The summed E-state index contributed by atoms with van der Waals surface area (Å²) in [5, 5.41) is 13.2. The number of rotatable bonds is 5. The molecular formula is C19H15N3O4S. The Kier molecular flexibility index (Phi) is 4.47. The molecule has 2 heterocycles. The molecule has 0 saturated heterocycles. The van der Waals surface area contributed by atoms with Crippen molar-refractivity contribution in [2.75, 3.05) is 19.5 Å². The number of nitrogens with one attached hydrogen (secondary N) is 1. The van der Waals surface area contributed by atoms with E-state index in [9.17, 15) is 4.79 Å². The maximum Gasteiger partial charge on any atom is 0.346 e. The summed E-state index contributed by atoms with van der Waals surface area (Å²) in [4.78, 5) is 12.3. The Balaban J connectivity index is 1.64. The summed E-state index contributed by atoms with van der Waals surface area (Å²) in [5.74, 6) is 1.23. The highest BCUT2D eigenvalue weighted by atomic mass is 32.1. The maximum absolute atomic E-state index is 12.3. The number of fused-ring (bicyclic) bond motifs is 1. The van der Waals surface area contributed by atoms with E-state index in [2.05, 4.69) is 15.5 Å². The van der Waals surface area contributed by atoms with E-state index < -0.39 is 5.63 Å². The van der Waals surface area contributed by atoms with Gasteiger partial charge in [0.25, 0.3) is 0 Å². The van der Waals surface area contributed by atoms with Gasteiger partial charge in [-0.25, -0.2) is 4.79 Å². The second-order valence-electron chi connectivity index (χ2n) is 5.59. The van der Waals surface area contributed by atoms with Crippen LogP contribution >= 0.6 is 11.3 Å². The van der Waals surface area contributed by atoms with Gasteiger partial charge in [0.1, 0.15) is 5.58 Å². The van der Waals surface area contributed by atoms with Crippen molar-refractivity contribution in [3.8, 4) is 22.1 Å². The van der Waals surface area contributed by atoms with E-state index in [1.54, 1.807) is 38.5 Å². The van der Waals surface area contributed by atoms with Crippen LogP contribution in [0.15, 0.2) is 57.7 Å². The van der Waals surface area contributed by atoms with Crippen molar-refractivity contribution < 1.29 is 13.9 Å². The van der Waals surface area contributed by atoms with Gasteiger partial charge in [-0.1, -0.05) is 29.5 Å². The first-order valence-electron chi connectivity index (χ1n) is 8.04. The standard InChI is InChI=1S/C19H15N3O4S/c1-24-15-8-7-12(10-16(15)25-2)20-19-22-21-17(27-19)13-9-11-5-3-4-6-14(11)26-18(13)23/h3-10H,1-2H3,(H,20,22). The highest BCUT2D eigenvalue weighted by Gasteiger charge is 2.14. The Morgan fingerprint density at radius 3 is 2.63 bits per heavy atom. The Hall–Kier alpha value is -3.39. The third kappa shape index (κ3) is 3.34. The van der Waals surface area contributed by atoms with Crippen molar-refractivity contribution in [3.63, 3.8) is 0 Å². The van der Waals surface area contributed by atoms with Crippen molar-refractivity contribution in [2.24, 2.45) is 0 Å². The molecule has 27 heavy (non-hydrogen) atoms. The van der Waals surface area contributed by atoms with Gasteiger partial charge in [-0.15, -0.1) is 10.2 Å². The normalized spacial score (nSPS) is 10.7. The summed E-state index contributed by atoms with van der Waals surface area (Å²) in [6.45, 7) is 0. The van der Waals surface area contributed by atoms with Crippen molar-refractivity contribution in [1.82, 2.24) is 10.2 Å². The van der Waals surface area contributed by atoms with Crippen molar-refractivity contribution in [2.45, 2.75) is 0 Å². The molecule has 0 atom stereocenters. The van der Waals surface area contributed by atoms with Gasteiger partial charge in [-0.3, -0.25) is 0 Å². The van der Waals surface area contributed by atoms with Crippen molar-refractivity contribution in [3.05, 3.63) is 59.0 Å². The zero-order valence-corrected chi connectivity index (χ0v) is 15.4. The molecule has 1 N–H and O–H groups in total. The molecule has 136 valence electrons. The molecule has 0 aliphatic rings. The molecule has 8 heteroatoms. The molecule has 0 unspecified atom stereocenters. The number of para-hydroxylation sites is 1. The van der Waals surface area contributed by atoms with Crippen LogP contribution in [0.2, 0.25) is 0 Å². The lowest BCUT2D eigenvalue weighted by Crippen LogP contribution is -2.02. The first kappa shape index (κ1) is 17.0. The molecule has 0 bridgehead atoms. The van der Waals surface area contributed by atoms with E-state index >= 15 is 0 Å². The van der Waals surface area contributed by atoms with Crippen molar-refractivity contribution >= 4 is 33.1 Å². The van der Waals surface area contributed by atoms with Gasteiger partial charge in [0.2, 0.25) is 5.13 Å². The van der Waals surface area contributed by atoms with E-state index in [1.165, 1.54) is 11.3 Å². The second kappa shape index (κ2) is 7.08. The van der Waals surface area contributed by atoms with Crippen LogP contribution in [0.1, 0.15) is 0 Å². The fraction of sp³-hybridized carbons (Fsp3) is 0.105. The number of anilines is 2. The van der Waals surface area contributed by atoms with Gasteiger partial charge in [0.05, 0.1) is 19.8 Å². The molecule has 2 aromatic heterocycles. The first-order valence-corrected chi connectivity index (χ1v) is 8.85. The van der Waals surface area contributed by atoms with Crippen molar-refractivity contribution in [1.29, 1.82) is 0 Å². The number of nitrogens with zero attached hydrogens (tertiary/aromatic N) is 2. The van der Waals surface area contributed by atoms with E-state index in [0.717, 1.165) is 11.1 Å². The topological polar surface area (TPSA) is 86.5 Å². The van der Waals surface area contributed by atoms with E-state index in [1.807, 2.05) is 24.3 Å². The summed E-state index contributed by atoms with van der Waals surface area (Å²) in [5.41, 5.74) is 1.24. The molecule has 0 amide bonds. The molecular weight excluding hydrogens is 366 g/mol. The smallest absolute Gasteiger partial charge is 0.346 e. The number of benzene rings is 2. The van der Waals surface area contributed by atoms with Gasteiger partial charge in [-0.05, 0) is 24.3 Å². The number of ether oxygens (including phenoxy) is 2. The summed E-state index contributed by atoms with van der Waals surface area (Å²) in [6.07, 6.45) is 0. The number of hydrogen-bond acceptors (Lipinski definition) is 8. The molecule has 2 aromatic carbocycles. The Morgan fingerprint density at radius 2 is 1.81 bits per heavy atom.